The van der Waals surface area contributed by atoms with E-state index in [1.165, 1.54) is 0 Å². The average Bonchev–Trinajstić information content (AvgIpc) is 2.80. The predicted molar refractivity (Wildman–Crippen MR) is 139 cm³/mol. The lowest BCUT2D eigenvalue weighted by molar-refractivity contribution is -0.161. The number of unbranched alkanes of at least 4 members (excludes halogenated alkanes) is 1. The number of carbonyl (C=O) groups is 2. The highest BCUT2D eigenvalue weighted by Crippen LogP contribution is 2.14. The van der Waals surface area contributed by atoms with Crippen LogP contribution in [0.4, 0.5) is 0 Å². The van der Waals surface area contributed by atoms with Gasteiger partial charge in [0, 0.05) is 0 Å². The Hall–Kier alpha value is -2.62. The molecule has 184 valence electrons. The lowest BCUT2D eigenvalue weighted by Gasteiger charge is -2.13. The van der Waals surface area contributed by atoms with Crippen LogP contribution in [0.1, 0.15) is 78.6 Å². The highest BCUT2D eigenvalue weighted by Gasteiger charge is 2.28. The van der Waals surface area contributed by atoms with E-state index in [-0.39, 0.29) is 13.2 Å². The molecule has 0 saturated carbocycles. The molecular formula is C29H44O4. The van der Waals surface area contributed by atoms with Crippen molar-refractivity contribution < 1.29 is 19.1 Å². The van der Waals surface area contributed by atoms with E-state index in [9.17, 15) is 9.59 Å². The minimum atomic E-state index is -0.815. The van der Waals surface area contributed by atoms with Gasteiger partial charge in [-0.2, -0.15) is 0 Å². The van der Waals surface area contributed by atoms with Crippen molar-refractivity contribution in [2.45, 2.75) is 78.6 Å². The molecule has 0 heterocycles. The SMILES string of the molecule is CC/C=C\C/C=C\C/C=C\C/C=C\C/C=C\C/C=C\CCCC(C(=O)OCC)C(=O)OCC. The first kappa shape index (κ1) is 30.4. The summed E-state index contributed by atoms with van der Waals surface area (Å²) in [5, 5.41) is 0. The maximum Gasteiger partial charge on any atom is 0.320 e. The molecule has 0 aromatic rings. The van der Waals surface area contributed by atoms with Crippen molar-refractivity contribution in [3.8, 4) is 0 Å². The summed E-state index contributed by atoms with van der Waals surface area (Å²) < 4.78 is 9.97. The Morgan fingerprint density at radius 2 is 0.939 bits per heavy atom. The Kier molecular flexibility index (Phi) is 22.1. The van der Waals surface area contributed by atoms with Crippen molar-refractivity contribution in [2.75, 3.05) is 13.2 Å². The molecule has 0 bridgehead atoms. The average molecular weight is 457 g/mol. The summed E-state index contributed by atoms with van der Waals surface area (Å²) in [7, 11) is 0. The number of ether oxygens (including phenoxy) is 2. The Morgan fingerprint density at radius 3 is 1.30 bits per heavy atom. The molecule has 4 heteroatoms. The highest BCUT2D eigenvalue weighted by molar-refractivity contribution is 5.94. The first-order valence-electron chi connectivity index (χ1n) is 12.4. The lowest BCUT2D eigenvalue weighted by Crippen LogP contribution is -2.28. The molecule has 0 aliphatic carbocycles. The minimum Gasteiger partial charge on any atom is -0.465 e. The third-order valence-electron chi connectivity index (χ3n) is 4.60. The summed E-state index contributed by atoms with van der Waals surface area (Å²) in [4.78, 5) is 23.9. The summed E-state index contributed by atoms with van der Waals surface area (Å²) >= 11 is 0. The van der Waals surface area contributed by atoms with Crippen LogP contribution >= 0.6 is 0 Å². The number of hydrogen-bond donors (Lipinski definition) is 0. The van der Waals surface area contributed by atoms with Crippen LogP contribution in [0.2, 0.25) is 0 Å². The van der Waals surface area contributed by atoms with Crippen LogP contribution in [-0.4, -0.2) is 25.2 Å². The van der Waals surface area contributed by atoms with Crippen molar-refractivity contribution in [1.82, 2.24) is 0 Å². The normalized spacial score (nSPS) is 12.6. The van der Waals surface area contributed by atoms with Gasteiger partial charge in [0.1, 0.15) is 0 Å². The van der Waals surface area contributed by atoms with E-state index >= 15 is 0 Å². The van der Waals surface area contributed by atoms with Gasteiger partial charge in [-0.25, -0.2) is 0 Å². The van der Waals surface area contributed by atoms with Gasteiger partial charge in [0.05, 0.1) is 13.2 Å². The highest BCUT2D eigenvalue weighted by atomic mass is 16.6. The van der Waals surface area contributed by atoms with Crippen molar-refractivity contribution >= 4 is 11.9 Å². The van der Waals surface area contributed by atoms with Crippen molar-refractivity contribution in [3.05, 3.63) is 72.9 Å². The maximum atomic E-state index is 11.9. The zero-order valence-electron chi connectivity index (χ0n) is 20.9. The molecule has 0 rings (SSSR count). The van der Waals surface area contributed by atoms with Crippen molar-refractivity contribution in [2.24, 2.45) is 5.92 Å². The molecule has 0 aliphatic heterocycles. The number of esters is 2. The third kappa shape index (κ3) is 19.8. The number of allylic oxidation sites excluding steroid dienone is 12. The number of rotatable bonds is 19. The van der Waals surface area contributed by atoms with Gasteiger partial charge < -0.3 is 9.47 Å². The number of hydrogen-bond acceptors (Lipinski definition) is 4. The zero-order chi connectivity index (χ0) is 24.4. The fraction of sp³-hybridized carbons (Fsp3) is 0.517. The summed E-state index contributed by atoms with van der Waals surface area (Å²) in [6.45, 7) is 6.15. The van der Waals surface area contributed by atoms with Gasteiger partial charge in [0.15, 0.2) is 5.92 Å². The summed E-state index contributed by atoms with van der Waals surface area (Å²) in [5.41, 5.74) is 0. The monoisotopic (exact) mass is 456 g/mol. The van der Waals surface area contributed by atoms with Crippen LogP contribution in [0.25, 0.3) is 0 Å². The van der Waals surface area contributed by atoms with Gasteiger partial charge in [-0.05, 0) is 71.6 Å². The molecule has 0 amide bonds. The first-order chi connectivity index (χ1) is 16.2. The Morgan fingerprint density at radius 1 is 0.576 bits per heavy atom. The molecule has 4 nitrogen and oxygen atoms in total. The maximum absolute atomic E-state index is 11.9. The molecule has 0 radical (unpaired) electrons. The van der Waals surface area contributed by atoms with Crippen molar-refractivity contribution in [1.29, 1.82) is 0 Å². The molecule has 0 atom stereocenters. The molecule has 0 saturated heterocycles. The smallest absolute Gasteiger partial charge is 0.320 e. The fourth-order valence-electron chi connectivity index (χ4n) is 2.90. The van der Waals surface area contributed by atoms with Crippen molar-refractivity contribution in [3.63, 3.8) is 0 Å². The first-order valence-corrected chi connectivity index (χ1v) is 12.4. The van der Waals surface area contributed by atoms with Crippen LogP contribution in [0, 0.1) is 5.92 Å². The second kappa shape index (κ2) is 24.0. The second-order valence-corrected chi connectivity index (χ2v) is 7.40. The summed E-state index contributed by atoms with van der Waals surface area (Å²) in [6, 6.07) is 0. The van der Waals surface area contributed by atoms with Gasteiger partial charge in [-0.15, -0.1) is 0 Å². The standard InChI is InChI=1S/C29H44O4/c1-4-7-8-9-10-11-12-13-14-15-16-17-18-19-20-21-22-23-24-25-26-27(28(30)32-5-2)29(31)33-6-3/h7-8,10-11,13-14,16-17,19-20,22-23,27H,4-6,9,12,15,18,21,24-26H2,1-3H3/b8-7-,11-10-,14-13-,17-16-,20-19-,23-22-. The molecule has 0 N–H and O–H groups in total. The molecule has 0 aromatic heterocycles. The Labute approximate surface area is 201 Å². The van der Waals surface area contributed by atoms with E-state index in [0.29, 0.717) is 6.42 Å². The van der Waals surface area contributed by atoms with Crippen LogP contribution in [0.3, 0.4) is 0 Å². The molecular weight excluding hydrogens is 412 g/mol. The van der Waals surface area contributed by atoms with E-state index in [1.807, 2.05) is 0 Å². The largest absolute Gasteiger partial charge is 0.465 e. The van der Waals surface area contributed by atoms with E-state index < -0.39 is 17.9 Å². The lowest BCUT2D eigenvalue weighted by atomic mass is 10.0. The minimum absolute atomic E-state index is 0.266. The van der Waals surface area contributed by atoms with Gasteiger partial charge in [0.25, 0.3) is 0 Å². The van der Waals surface area contributed by atoms with Gasteiger partial charge in [-0.1, -0.05) is 79.8 Å². The second-order valence-electron chi connectivity index (χ2n) is 7.40. The molecule has 0 spiro atoms. The topological polar surface area (TPSA) is 52.6 Å². The van der Waals surface area contributed by atoms with Gasteiger partial charge >= 0.3 is 11.9 Å². The van der Waals surface area contributed by atoms with Crippen LogP contribution < -0.4 is 0 Å². The van der Waals surface area contributed by atoms with Crippen LogP contribution in [0.5, 0.6) is 0 Å². The predicted octanol–water partition coefficient (Wildman–Crippen LogP) is 7.60. The van der Waals surface area contributed by atoms with Crippen LogP contribution in [0.15, 0.2) is 72.9 Å². The van der Waals surface area contributed by atoms with E-state index in [2.05, 4.69) is 79.8 Å². The zero-order valence-corrected chi connectivity index (χ0v) is 20.9. The molecule has 0 aliphatic rings. The van der Waals surface area contributed by atoms with Crippen LogP contribution in [-0.2, 0) is 19.1 Å². The quantitative estimate of drug-likeness (QED) is 0.0869. The summed E-state index contributed by atoms with van der Waals surface area (Å²) in [6.07, 6.45) is 34.0. The van der Waals surface area contributed by atoms with E-state index in [1.54, 1.807) is 13.8 Å². The Bertz CT molecular complexity index is 647. The molecule has 0 aromatic carbocycles. The number of carbonyl (C=O) groups excluding carboxylic acids is 2. The van der Waals surface area contributed by atoms with Gasteiger partial charge in [-0.3, -0.25) is 9.59 Å². The third-order valence-corrected chi connectivity index (χ3v) is 4.60. The van der Waals surface area contributed by atoms with E-state index in [0.717, 1.165) is 51.4 Å². The molecule has 33 heavy (non-hydrogen) atoms. The fourth-order valence-corrected chi connectivity index (χ4v) is 2.90. The van der Waals surface area contributed by atoms with Gasteiger partial charge in [0.2, 0.25) is 0 Å². The Balaban J connectivity index is 3.89. The molecule has 0 fully saturated rings. The molecule has 0 unspecified atom stereocenters. The van der Waals surface area contributed by atoms with E-state index in [4.69, 9.17) is 9.47 Å². The summed E-state index contributed by atoms with van der Waals surface area (Å²) in [5.74, 6) is -1.79.